The highest BCUT2D eigenvalue weighted by Crippen LogP contribution is 2.42. The Kier molecular flexibility index (Phi) is 4.64. The molecule has 0 spiro atoms. The molecule has 0 fully saturated rings. The summed E-state index contributed by atoms with van der Waals surface area (Å²) in [6.07, 6.45) is 0.582. The summed E-state index contributed by atoms with van der Waals surface area (Å²) in [5.74, 6) is 0.146. The summed E-state index contributed by atoms with van der Waals surface area (Å²) in [6.45, 7) is 2.06. The second-order valence-corrected chi connectivity index (χ2v) is 6.93. The molecule has 29 heavy (non-hydrogen) atoms. The third kappa shape index (κ3) is 3.26. The minimum atomic E-state index is -0.534. The summed E-state index contributed by atoms with van der Waals surface area (Å²) in [5.41, 5.74) is 3.31. The number of aromatic nitrogens is 4. The summed E-state index contributed by atoms with van der Waals surface area (Å²) in [6, 6.07) is 24.2. The molecule has 0 saturated heterocycles. The average Bonchev–Trinajstić information content (AvgIpc) is 3.30. The van der Waals surface area contributed by atoms with Crippen LogP contribution in [-0.4, -0.2) is 20.6 Å². The third-order valence-corrected chi connectivity index (χ3v) is 5.06. The number of nitrogens with zero attached hydrogens (tertiary/aromatic N) is 5. The predicted octanol–water partition coefficient (Wildman–Crippen LogP) is 3.32. The van der Waals surface area contributed by atoms with Gasteiger partial charge in [-0.3, -0.25) is 0 Å². The first-order valence-corrected chi connectivity index (χ1v) is 9.07. The Labute approximate surface area is 168 Å². The second-order valence-electron chi connectivity index (χ2n) is 6.93. The van der Waals surface area contributed by atoms with Crippen LogP contribution in [0.25, 0.3) is 11.1 Å². The number of hydrogen-bond donors (Lipinski definition) is 2. The van der Waals surface area contributed by atoms with Crippen molar-refractivity contribution in [2.75, 3.05) is 0 Å². The van der Waals surface area contributed by atoms with Crippen molar-refractivity contribution < 1.29 is 0 Å². The SMILES string of the molecule is CC1(c2ccccc2)CC(c2ccccc2)=C(C#N)/C(=C(/C#N)c2nn[nH]n2)N1. The van der Waals surface area contributed by atoms with Crippen molar-refractivity contribution >= 4 is 11.1 Å². The van der Waals surface area contributed by atoms with E-state index in [1.165, 1.54) is 0 Å². The molecule has 0 bridgehead atoms. The number of H-pyrrole nitrogens is 1. The quantitative estimate of drug-likeness (QED) is 0.675. The molecule has 0 aliphatic carbocycles. The molecule has 4 rings (SSSR count). The lowest BCUT2D eigenvalue weighted by molar-refractivity contribution is 0.408. The summed E-state index contributed by atoms with van der Waals surface area (Å²) in [4.78, 5) is 0. The fraction of sp³-hybridized carbons (Fsp3) is 0.136. The zero-order valence-electron chi connectivity index (χ0n) is 15.7. The molecule has 1 unspecified atom stereocenters. The molecule has 7 heteroatoms. The monoisotopic (exact) mass is 379 g/mol. The van der Waals surface area contributed by atoms with Gasteiger partial charge >= 0.3 is 0 Å². The van der Waals surface area contributed by atoms with Crippen molar-refractivity contribution in [3.63, 3.8) is 0 Å². The van der Waals surface area contributed by atoms with Crippen molar-refractivity contribution in [3.8, 4) is 12.1 Å². The molecular weight excluding hydrogens is 362 g/mol. The summed E-state index contributed by atoms with van der Waals surface area (Å²) in [7, 11) is 0. The van der Waals surface area contributed by atoms with Gasteiger partial charge < -0.3 is 5.32 Å². The van der Waals surface area contributed by atoms with Crippen LogP contribution in [0.2, 0.25) is 0 Å². The zero-order chi connectivity index (χ0) is 20.3. The Morgan fingerprint density at radius 1 is 1.03 bits per heavy atom. The Hall–Kier alpha value is -4.23. The van der Waals surface area contributed by atoms with Crippen molar-refractivity contribution in [2.45, 2.75) is 18.9 Å². The van der Waals surface area contributed by atoms with Gasteiger partial charge in [0.15, 0.2) is 0 Å². The molecule has 2 aromatic carbocycles. The number of rotatable bonds is 3. The van der Waals surface area contributed by atoms with Gasteiger partial charge in [0.1, 0.15) is 17.7 Å². The normalized spacial score (nSPS) is 20.4. The van der Waals surface area contributed by atoms with E-state index in [-0.39, 0.29) is 11.4 Å². The van der Waals surface area contributed by atoms with Crippen LogP contribution in [-0.2, 0) is 5.54 Å². The topological polar surface area (TPSA) is 114 Å². The molecule has 7 nitrogen and oxygen atoms in total. The molecule has 0 radical (unpaired) electrons. The van der Waals surface area contributed by atoms with Crippen LogP contribution in [0.15, 0.2) is 71.9 Å². The van der Waals surface area contributed by atoms with Gasteiger partial charge in [-0.2, -0.15) is 15.7 Å². The highest BCUT2D eigenvalue weighted by atomic mass is 15.5. The fourth-order valence-electron chi connectivity index (χ4n) is 3.64. The number of nitriles is 2. The van der Waals surface area contributed by atoms with Gasteiger partial charge in [0.25, 0.3) is 0 Å². The number of nitrogens with one attached hydrogen (secondary N) is 2. The second kappa shape index (κ2) is 7.41. The number of allylic oxidation sites excluding steroid dienone is 2. The minimum absolute atomic E-state index is 0.146. The number of aromatic amines is 1. The maximum Gasteiger partial charge on any atom is 0.217 e. The van der Waals surface area contributed by atoms with Crippen LogP contribution in [0.5, 0.6) is 0 Å². The molecule has 140 valence electrons. The third-order valence-electron chi connectivity index (χ3n) is 5.06. The molecule has 3 aromatic rings. The lowest BCUT2D eigenvalue weighted by Gasteiger charge is -2.39. The first-order chi connectivity index (χ1) is 14.2. The van der Waals surface area contributed by atoms with Gasteiger partial charge in [0.05, 0.1) is 16.8 Å². The highest BCUT2D eigenvalue weighted by Gasteiger charge is 2.37. The standard InChI is InChI=1S/C22H17N7/c1-22(16-10-6-3-7-11-16)12-17(15-8-4-2-5-9-15)18(13-23)20(25-22)19(14-24)21-26-28-29-27-21/h2-11,25H,12H2,1H3,(H,26,27,28,29)/b20-19+. The number of tetrazole rings is 1. The summed E-state index contributed by atoms with van der Waals surface area (Å²) in [5, 5.41) is 37.2. The van der Waals surface area contributed by atoms with E-state index in [0.717, 1.165) is 16.7 Å². The van der Waals surface area contributed by atoms with Crippen molar-refractivity contribution in [3.05, 3.63) is 88.9 Å². The van der Waals surface area contributed by atoms with Crippen LogP contribution in [0.1, 0.15) is 30.3 Å². The predicted molar refractivity (Wildman–Crippen MR) is 107 cm³/mol. The van der Waals surface area contributed by atoms with Gasteiger partial charge in [-0.1, -0.05) is 60.7 Å². The largest absolute Gasteiger partial charge is 0.373 e. The molecule has 1 aliphatic rings. The van der Waals surface area contributed by atoms with Crippen LogP contribution in [0.3, 0.4) is 0 Å². The summed E-state index contributed by atoms with van der Waals surface area (Å²) >= 11 is 0. The number of hydrogen-bond acceptors (Lipinski definition) is 6. The molecule has 1 aromatic heterocycles. The van der Waals surface area contributed by atoms with Crippen molar-refractivity contribution in [2.24, 2.45) is 0 Å². The average molecular weight is 379 g/mol. The van der Waals surface area contributed by atoms with E-state index in [4.69, 9.17) is 0 Å². The van der Waals surface area contributed by atoms with Gasteiger partial charge in [0, 0.05) is 6.42 Å². The van der Waals surface area contributed by atoms with Gasteiger partial charge in [-0.25, -0.2) is 0 Å². The van der Waals surface area contributed by atoms with Crippen LogP contribution < -0.4 is 5.32 Å². The molecule has 1 atom stereocenters. The Morgan fingerprint density at radius 3 is 2.31 bits per heavy atom. The van der Waals surface area contributed by atoms with E-state index in [2.05, 4.69) is 45.0 Å². The Balaban J connectivity index is 2.00. The molecule has 0 amide bonds. The highest BCUT2D eigenvalue weighted by molar-refractivity contribution is 5.87. The first kappa shape index (κ1) is 18.1. The van der Waals surface area contributed by atoms with Crippen LogP contribution >= 0.6 is 0 Å². The van der Waals surface area contributed by atoms with Gasteiger partial charge in [0.2, 0.25) is 5.82 Å². The summed E-state index contributed by atoms with van der Waals surface area (Å²) < 4.78 is 0. The number of benzene rings is 2. The van der Waals surface area contributed by atoms with Crippen LogP contribution in [0, 0.1) is 22.7 Å². The van der Waals surface area contributed by atoms with E-state index in [1.807, 2.05) is 60.7 Å². The fourth-order valence-corrected chi connectivity index (χ4v) is 3.64. The van der Waals surface area contributed by atoms with Crippen molar-refractivity contribution in [1.82, 2.24) is 25.9 Å². The van der Waals surface area contributed by atoms with Crippen LogP contribution in [0.4, 0.5) is 0 Å². The smallest absolute Gasteiger partial charge is 0.217 e. The molecule has 0 saturated carbocycles. The molecule has 2 N–H and O–H groups in total. The molecular formula is C22H17N7. The van der Waals surface area contributed by atoms with E-state index >= 15 is 0 Å². The Bertz CT molecular complexity index is 1160. The minimum Gasteiger partial charge on any atom is -0.373 e. The molecule has 2 heterocycles. The van der Waals surface area contributed by atoms with Gasteiger partial charge in [-0.05, 0) is 28.8 Å². The lowest BCUT2D eigenvalue weighted by atomic mass is 9.77. The maximum absolute atomic E-state index is 10.0. The van der Waals surface area contributed by atoms with E-state index < -0.39 is 5.54 Å². The van der Waals surface area contributed by atoms with Gasteiger partial charge in [-0.15, -0.1) is 10.2 Å². The maximum atomic E-state index is 10.0. The molecule has 1 aliphatic heterocycles. The van der Waals surface area contributed by atoms with E-state index in [9.17, 15) is 10.5 Å². The van der Waals surface area contributed by atoms with E-state index in [0.29, 0.717) is 17.7 Å². The Morgan fingerprint density at radius 2 is 1.72 bits per heavy atom. The zero-order valence-corrected chi connectivity index (χ0v) is 15.7. The first-order valence-electron chi connectivity index (χ1n) is 9.07. The lowest BCUT2D eigenvalue weighted by Crippen LogP contribution is -2.43. The van der Waals surface area contributed by atoms with E-state index in [1.54, 1.807) is 0 Å². The van der Waals surface area contributed by atoms with Crippen molar-refractivity contribution in [1.29, 1.82) is 10.5 Å².